The van der Waals surface area contributed by atoms with Crippen LogP contribution in [0.4, 0.5) is 0 Å². The highest BCUT2D eigenvalue weighted by atomic mass is 16.4. The van der Waals surface area contributed by atoms with Crippen molar-refractivity contribution < 1.29 is 19.8 Å². The van der Waals surface area contributed by atoms with E-state index in [4.69, 9.17) is 10.2 Å². The monoisotopic (exact) mass is 327 g/mol. The summed E-state index contributed by atoms with van der Waals surface area (Å²) >= 11 is 0. The molecule has 0 unspecified atom stereocenters. The molecule has 0 saturated heterocycles. The molecule has 0 aromatic heterocycles. The molecule has 0 heterocycles. The molecule has 0 saturated carbocycles. The van der Waals surface area contributed by atoms with Crippen molar-refractivity contribution in [3.05, 3.63) is 70.8 Å². The van der Waals surface area contributed by atoms with Gasteiger partial charge in [0.15, 0.2) is 0 Å². The average Bonchev–Trinajstić information content (AvgIpc) is 2.60. The van der Waals surface area contributed by atoms with Gasteiger partial charge in [-0.3, -0.25) is 4.79 Å². The average molecular weight is 327 g/mol. The topological polar surface area (TPSA) is 86.6 Å². The van der Waals surface area contributed by atoms with Crippen LogP contribution in [0, 0.1) is 0 Å². The van der Waals surface area contributed by atoms with Gasteiger partial charge >= 0.3 is 5.97 Å². The fourth-order valence-electron chi connectivity index (χ4n) is 2.51. The van der Waals surface area contributed by atoms with Crippen molar-refractivity contribution in [3.63, 3.8) is 0 Å². The highest BCUT2D eigenvalue weighted by Crippen LogP contribution is 2.12. The van der Waals surface area contributed by atoms with E-state index >= 15 is 0 Å². The summed E-state index contributed by atoms with van der Waals surface area (Å²) in [6.45, 7) is -0.371. The molecule has 0 aliphatic heterocycles. The lowest BCUT2D eigenvalue weighted by molar-refractivity contribution is 0.0696. The quantitative estimate of drug-likeness (QED) is 0.514. The van der Waals surface area contributed by atoms with Crippen LogP contribution in [0.5, 0.6) is 0 Å². The van der Waals surface area contributed by atoms with E-state index in [1.807, 2.05) is 18.2 Å². The Morgan fingerprint density at radius 1 is 0.875 bits per heavy atom. The maximum atomic E-state index is 11.5. The maximum Gasteiger partial charge on any atom is 0.335 e. The molecule has 5 nitrogen and oxygen atoms in total. The first kappa shape index (κ1) is 17.7. The largest absolute Gasteiger partial charge is 0.478 e. The van der Waals surface area contributed by atoms with E-state index in [-0.39, 0.29) is 12.6 Å². The zero-order valence-electron chi connectivity index (χ0n) is 13.4. The van der Waals surface area contributed by atoms with Gasteiger partial charge in [0.25, 0.3) is 5.91 Å². The number of rotatable bonds is 8. The second-order valence-corrected chi connectivity index (χ2v) is 5.57. The molecular formula is C19H21NO4. The van der Waals surface area contributed by atoms with Gasteiger partial charge in [0.2, 0.25) is 0 Å². The number of aliphatic hydroxyl groups excluding tert-OH is 1. The number of nitrogens with one attached hydrogen (secondary N) is 1. The molecule has 5 heteroatoms. The van der Waals surface area contributed by atoms with Crippen LogP contribution in [0.15, 0.2) is 48.5 Å². The molecule has 3 N–H and O–H groups in total. The van der Waals surface area contributed by atoms with Gasteiger partial charge in [0.05, 0.1) is 5.56 Å². The minimum Gasteiger partial charge on any atom is -0.478 e. The van der Waals surface area contributed by atoms with Gasteiger partial charge in [-0.15, -0.1) is 0 Å². The minimum atomic E-state index is -0.901. The number of aryl methyl sites for hydroxylation is 2. The fraction of sp³-hybridized carbons (Fsp3) is 0.263. The zero-order valence-corrected chi connectivity index (χ0v) is 13.4. The third kappa shape index (κ3) is 5.21. The molecule has 126 valence electrons. The molecule has 0 radical (unpaired) electrons. The van der Waals surface area contributed by atoms with Gasteiger partial charge in [0.1, 0.15) is 6.73 Å². The lowest BCUT2D eigenvalue weighted by Gasteiger charge is -2.05. The first-order valence-corrected chi connectivity index (χ1v) is 7.90. The van der Waals surface area contributed by atoms with Crippen molar-refractivity contribution in [2.24, 2.45) is 0 Å². The van der Waals surface area contributed by atoms with Crippen molar-refractivity contribution in [1.82, 2.24) is 5.32 Å². The number of hydrogen-bond acceptors (Lipinski definition) is 3. The highest BCUT2D eigenvalue weighted by molar-refractivity contribution is 5.94. The lowest BCUT2D eigenvalue weighted by atomic mass is 10.0. The third-order valence-electron chi connectivity index (χ3n) is 3.81. The zero-order chi connectivity index (χ0) is 17.4. The maximum absolute atomic E-state index is 11.5. The van der Waals surface area contributed by atoms with Crippen LogP contribution in [0.3, 0.4) is 0 Å². The second kappa shape index (κ2) is 8.84. The molecule has 2 rings (SSSR count). The summed E-state index contributed by atoms with van der Waals surface area (Å²) in [5.74, 6) is -1.19. The van der Waals surface area contributed by atoms with Gasteiger partial charge in [-0.05, 0) is 61.1 Å². The summed E-state index contributed by atoms with van der Waals surface area (Å²) in [5.41, 5.74) is 3.03. The summed E-state index contributed by atoms with van der Waals surface area (Å²) in [7, 11) is 0. The molecule has 0 atom stereocenters. The normalized spacial score (nSPS) is 10.4. The van der Waals surface area contributed by atoms with Crippen LogP contribution in [-0.4, -0.2) is 28.8 Å². The van der Waals surface area contributed by atoms with Crippen molar-refractivity contribution in [3.8, 4) is 0 Å². The number of carbonyl (C=O) groups is 2. The second-order valence-electron chi connectivity index (χ2n) is 5.57. The highest BCUT2D eigenvalue weighted by Gasteiger charge is 2.05. The number of benzene rings is 2. The number of carboxylic acids is 1. The summed E-state index contributed by atoms with van der Waals surface area (Å²) in [4.78, 5) is 22.5. The molecule has 1 amide bonds. The number of carboxylic acid groups (broad SMARTS) is 1. The first-order chi connectivity index (χ1) is 11.6. The summed E-state index contributed by atoms with van der Waals surface area (Å²) in [6, 6.07) is 14.4. The molecule has 0 aliphatic rings. The van der Waals surface area contributed by atoms with Crippen LogP contribution < -0.4 is 5.32 Å². The number of hydrogen-bond donors (Lipinski definition) is 3. The number of amides is 1. The van der Waals surface area contributed by atoms with Gasteiger partial charge < -0.3 is 15.5 Å². The predicted molar refractivity (Wildman–Crippen MR) is 91.0 cm³/mol. The summed E-state index contributed by atoms with van der Waals surface area (Å²) in [5, 5.41) is 20.0. The Bertz CT molecular complexity index is 695. The summed E-state index contributed by atoms with van der Waals surface area (Å²) in [6.07, 6.45) is 3.70. The van der Waals surface area contributed by atoms with Gasteiger partial charge in [-0.25, -0.2) is 4.79 Å². The Labute approximate surface area is 141 Å². The predicted octanol–water partition coefficient (Wildman–Crippen LogP) is 2.63. The third-order valence-corrected chi connectivity index (χ3v) is 3.81. The van der Waals surface area contributed by atoms with Gasteiger partial charge in [0, 0.05) is 5.56 Å². The molecule has 2 aromatic rings. The number of carbonyl (C=O) groups excluding carboxylic acids is 1. The van der Waals surface area contributed by atoms with E-state index in [9.17, 15) is 9.59 Å². The Morgan fingerprint density at radius 2 is 1.54 bits per heavy atom. The van der Waals surface area contributed by atoms with Crippen molar-refractivity contribution in [2.75, 3.05) is 6.73 Å². The molecular weight excluding hydrogens is 306 g/mol. The van der Waals surface area contributed by atoms with Crippen LogP contribution in [-0.2, 0) is 12.8 Å². The minimum absolute atomic E-state index is 0.289. The van der Waals surface area contributed by atoms with E-state index in [1.54, 1.807) is 30.3 Å². The van der Waals surface area contributed by atoms with E-state index in [2.05, 4.69) is 5.32 Å². The van der Waals surface area contributed by atoms with E-state index in [0.717, 1.165) is 36.8 Å². The summed E-state index contributed by atoms with van der Waals surface area (Å²) < 4.78 is 0. The van der Waals surface area contributed by atoms with Gasteiger partial charge in [-0.1, -0.05) is 24.3 Å². The number of aliphatic hydroxyl groups is 1. The van der Waals surface area contributed by atoms with Crippen molar-refractivity contribution in [2.45, 2.75) is 25.7 Å². The van der Waals surface area contributed by atoms with Crippen LogP contribution in [0.1, 0.15) is 44.7 Å². The van der Waals surface area contributed by atoms with Crippen LogP contribution >= 0.6 is 0 Å². The standard InChI is InChI=1S/C19H21NO4/c21-13-20-18(22)16-10-8-14(9-11-16)4-1-2-5-15-6-3-7-17(12-15)19(23)24/h3,6-12,21H,1-2,4-5,13H2,(H,20,22)(H,23,24). The molecule has 24 heavy (non-hydrogen) atoms. The molecule has 0 bridgehead atoms. The number of unbranched alkanes of at least 4 members (excludes halogenated alkanes) is 1. The first-order valence-electron chi connectivity index (χ1n) is 7.90. The SMILES string of the molecule is O=C(O)c1cccc(CCCCc2ccc(C(=O)NCO)cc2)c1. The van der Waals surface area contributed by atoms with Crippen LogP contribution in [0.2, 0.25) is 0 Å². The fourth-order valence-corrected chi connectivity index (χ4v) is 2.51. The van der Waals surface area contributed by atoms with E-state index < -0.39 is 5.97 Å². The molecule has 0 spiro atoms. The molecule has 0 fully saturated rings. The molecule has 0 aliphatic carbocycles. The van der Waals surface area contributed by atoms with Crippen molar-refractivity contribution >= 4 is 11.9 Å². The van der Waals surface area contributed by atoms with Crippen molar-refractivity contribution in [1.29, 1.82) is 0 Å². The lowest BCUT2D eigenvalue weighted by Crippen LogP contribution is -2.23. The Hall–Kier alpha value is -2.66. The van der Waals surface area contributed by atoms with Gasteiger partial charge in [-0.2, -0.15) is 0 Å². The van der Waals surface area contributed by atoms with Crippen LogP contribution in [0.25, 0.3) is 0 Å². The van der Waals surface area contributed by atoms with E-state index in [1.165, 1.54) is 0 Å². The Kier molecular flexibility index (Phi) is 6.51. The van der Waals surface area contributed by atoms with E-state index in [0.29, 0.717) is 11.1 Å². The molecule has 2 aromatic carbocycles. The Morgan fingerprint density at radius 3 is 2.17 bits per heavy atom. The number of aromatic carboxylic acids is 1. The smallest absolute Gasteiger partial charge is 0.335 e. The Balaban J connectivity index is 1.79.